The van der Waals surface area contributed by atoms with Crippen LogP contribution in [-0.4, -0.2) is 29.4 Å². The number of carbonyl (C=O) groups is 3. The van der Waals surface area contributed by atoms with Crippen LogP contribution >= 0.6 is 0 Å². The number of hydrogen-bond acceptors (Lipinski definition) is 4. The number of carbonyl (C=O) groups excluding carboxylic acids is 3. The average Bonchev–Trinajstić information content (AvgIpc) is 2.75. The molecule has 0 spiro atoms. The summed E-state index contributed by atoms with van der Waals surface area (Å²) < 4.78 is 5.26. The Kier molecular flexibility index (Phi) is 10.1. The van der Waals surface area contributed by atoms with Crippen LogP contribution in [0.2, 0.25) is 0 Å². The predicted molar refractivity (Wildman–Crippen MR) is 135 cm³/mol. The van der Waals surface area contributed by atoms with Crippen molar-refractivity contribution in [3.05, 3.63) is 35.9 Å². The summed E-state index contributed by atoms with van der Waals surface area (Å²) in [4.78, 5) is 38.3. The fourth-order valence-corrected chi connectivity index (χ4v) is 4.90. The molecule has 2 N–H and O–H groups in total. The maximum absolute atomic E-state index is 13.3. The van der Waals surface area contributed by atoms with Gasteiger partial charge in [-0.2, -0.15) is 0 Å². The molecule has 190 valence electrons. The van der Waals surface area contributed by atoms with Crippen LogP contribution in [0.3, 0.4) is 0 Å². The first-order chi connectivity index (χ1) is 15.9. The van der Waals surface area contributed by atoms with Crippen molar-refractivity contribution in [2.45, 2.75) is 98.3 Å². The summed E-state index contributed by atoms with van der Waals surface area (Å²) in [5.41, 5.74) is 0.308. The lowest BCUT2D eigenvalue weighted by atomic mass is 9.68. The van der Waals surface area contributed by atoms with Crippen LogP contribution in [0, 0.1) is 23.7 Å². The molecule has 2 rings (SSSR count). The Morgan fingerprint density at radius 3 is 2.26 bits per heavy atom. The molecule has 0 aliphatic heterocycles. The van der Waals surface area contributed by atoms with Crippen LogP contribution in [-0.2, 0) is 14.3 Å². The Hall–Kier alpha value is -2.37. The Bertz CT molecular complexity index is 815. The first kappa shape index (κ1) is 27.9. The van der Waals surface area contributed by atoms with E-state index in [2.05, 4.69) is 31.4 Å². The zero-order valence-corrected chi connectivity index (χ0v) is 22.0. The van der Waals surface area contributed by atoms with Gasteiger partial charge in [-0.15, -0.1) is 0 Å². The van der Waals surface area contributed by atoms with Gasteiger partial charge in [-0.25, -0.2) is 4.79 Å². The third-order valence-corrected chi connectivity index (χ3v) is 6.76. The fraction of sp³-hybridized carbons (Fsp3) is 0.679. The molecule has 1 aromatic rings. The van der Waals surface area contributed by atoms with Gasteiger partial charge in [0, 0.05) is 12.3 Å². The quantitative estimate of drug-likeness (QED) is 0.475. The van der Waals surface area contributed by atoms with E-state index in [1.807, 2.05) is 30.3 Å². The van der Waals surface area contributed by atoms with Gasteiger partial charge in [0.15, 0.2) is 0 Å². The molecule has 1 aromatic carbocycles. The number of alkyl carbamates (subject to hydrolysis) is 1. The van der Waals surface area contributed by atoms with Gasteiger partial charge >= 0.3 is 6.09 Å². The summed E-state index contributed by atoms with van der Waals surface area (Å²) in [6.07, 6.45) is 3.59. The van der Waals surface area contributed by atoms with E-state index in [4.69, 9.17) is 4.74 Å². The van der Waals surface area contributed by atoms with Gasteiger partial charge in [0.25, 0.3) is 0 Å². The molecular formula is C28H44N2O4. The first-order valence-corrected chi connectivity index (χ1v) is 12.7. The summed E-state index contributed by atoms with van der Waals surface area (Å²) in [5, 5.41) is 5.63. The van der Waals surface area contributed by atoms with E-state index in [9.17, 15) is 14.4 Å². The van der Waals surface area contributed by atoms with Crippen molar-refractivity contribution in [2.24, 2.45) is 23.7 Å². The number of ketones is 1. The van der Waals surface area contributed by atoms with E-state index in [-0.39, 0.29) is 17.9 Å². The fourth-order valence-electron chi connectivity index (χ4n) is 4.90. The largest absolute Gasteiger partial charge is 0.444 e. The lowest BCUT2D eigenvalue weighted by Crippen LogP contribution is -2.47. The van der Waals surface area contributed by atoms with E-state index in [0.717, 1.165) is 18.4 Å². The minimum atomic E-state index is -0.763. The van der Waals surface area contributed by atoms with Crippen molar-refractivity contribution in [3.63, 3.8) is 0 Å². The number of hydrogen-bond donors (Lipinski definition) is 2. The highest BCUT2D eigenvalue weighted by molar-refractivity contribution is 5.86. The molecule has 34 heavy (non-hydrogen) atoms. The Morgan fingerprint density at radius 1 is 1.03 bits per heavy atom. The number of Topliss-reactive ketones (excluding diaryl/α,β-unsaturated/α-hetero) is 1. The van der Waals surface area contributed by atoms with Gasteiger partial charge in [-0.1, -0.05) is 57.5 Å². The maximum atomic E-state index is 13.3. The van der Waals surface area contributed by atoms with E-state index in [0.29, 0.717) is 36.4 Å². The summed E-state index contributed by atoms with van der Waals surface area (Å²) in [5.74, 6) is 1.60. The van der Waals surface area contributed by atoms with Gasteiger partial charge in [0.2, 0.25) is 5.91 Å². The van der Waals surface area contributed by atoms with Gasteiger partial charge < -0.3 is 15.4 Å². The molecule has 0 saturated heterocycles. The standard InChI is InChI=1S/C28H44N2O4/c1-18(2)22-14-13-19(3)17-23(22)25(31)16-15-24(21-11-9-8-10-12-21)30-26(32)20(4)29-27(33)34-28(5,6)7/h8-12,18-20,22-24H,13-17H2,1-7H3,(H,29,33)(H,30,32)/t19-,20+,22+,23-,24-/m1/s1. The summed E-state index contributed by atoms with van der Waals surface area (Å²) in [6, 6.07) is 8.63. The first-order valence-electron chi connectivity index (χ1n) is 12.7. The zero-order chi connectivity index (χ0) is 25.5. The number of amides is 2. The molecule has 2 amide bonds. The zero-order valence-electron chi connectivity index (χ0n) is 22.0. The molecule has 1 fully saturated rings. The molecule has 0 aromatic heterocycles. The van der Waals surface area contributed by atoms with Gasteiger partial charge in [-0.3, -0.25) is 9.59 Å². The molecule has 0 radical (unpaired) electrons. The van der Waals surface area contributed by atoms with Crippen molar-refractivity contribution in [2.75, 3.05) is 0 Å². The molecule has 0 bridgehead atoms. The Balaban J connectivity index is 2.05. The molecule has 6 nitrogen and oxygen atoms in total. The molecule has 0 unspecified atom stereocenters. The normalized spacial score (nSPS) is 22.5. The average molecular weight is 473 g/mol. The lowest BCUT2D eigenvalue weighted by Gasteiger charge is -2.36. The van der Waals surface area contributed by atoms with Crippen LogP contribution in [0.1, 0.15) is 92.2 Å². The van der Waals surface area contributed by atoms with Crippen LogP contribution in [0.15, 0.2) is 30.3 Å². The van der Waals surface area contributed by atoms with Crippen LogP contribution < -0.4 is 10.6 Å². The highest BCUT2D eigenvalue weighted by Crippen LogP contribution is 2.39. The summed E-state index contributed by atoms with van der Waals surface area (Å²) in [6.45, 7) is 13.6. The van der Waals surface area contributed by atoms with Crippen LogP contribution in [0.4, 0.5) is 4.79 Å². The SMILES string of the molecule is CC(C)[C@@H]1CC[C@@H](C)C[C@H]1C(=O)CC[C@@H](NC(=O)[C@H](C)NC(=O)OC(C)(C)C)c1ccccc1. The topological polar surface area (TPSA) is 84.5 Å². The number of ether oxygens (including phenoxy) is 1. The second kappa shape index (κ2) is 12.4. The van der Waals surface area contributed by atoms with Crippen molar-refractivity contribution >= 4 is 17.8 Å². The van der Waals surface area contributed by atoms with E-state index in [1.165, 1.54) is 6.42 Å². The molecule has 1 aliphatic carbocycles. The Labute approximate surface area is 205 Å². The molecule has 0 heterocycles. The van der Waals surface area contributed by atoms with E-state index >= 15 is 0 Å². The molecule has 5 atom stereocenters. The second-order valence-corrected chi connectivity index (χ2v) is 11.3. The molecule has 1 saturated carbocycles. The van der Waals surface area contributed by atoms with Gasteiger partial charge in [0.05, 0.1) is 6.04 Å². The minimum Gasteiger partial charge on any atom is -0.444 e. The van der Waals surface area contributed by atoms with Gasteiger partial charge in [0.1, 0.15) is 17.4 Å². The van der Waals surface area contributed by atoms with Crippen LogP contribution in [0.25, 0.3) is 0 Å². The van der Waals surface area contributed by atoms with Crippen molar-refractivity contribution in [3.8, 4) is 0 Å². The van der Waals surface area contributed by atoms with E-state index < -0.39 is 17.7 Å². The second-order valence-electron chi connectivity index (χ2n) is 11.3. The molecular weight excluding hydrogens is 428 g/mol. The molecule has 1 aliphatic rings. The third-order valence-electron chi connectivity index (χ3n) is 6.76. The number of benzene rings is 1. The van der Waals surface area contributed by atoms with Crippen molar-refractivity contribution in [1.82, 2.24) is 10.6 Å². The minimum absolute atomic E-state index is 0.101. The van der Waals surface area contributed by atoms with Crippen LogP contribution in [0.5, 0.6) is 0 Å². The summed E-state index contributed by atoms with van der Waals surface area (Å²) in [7, 11) is 0. The van der Waals surface area contributed by atoms with E-state index in [1.54, 1.807) is 27.7 Å². The Morgan fingerprint density at radius 2 is 1.68 bits per heavy atom. The molecule has 6 heteroatoms. The van der Waals surface area contributed by atoms with Crippen molar-refractivity contribution < 1.29 is 19.1 Å². The third kappa shape index (κ3) is 8.77. The smallest absolute Gasteiger partial charge is 0.408 e. The summed E-state index contributed by atoms with van der Waals surface area (Å²) >= 11 is 0. The number of rotatable bonds is 9. The maximum Gasteiger partial charge on any atom is 0.408 e. The van der Waals surface area contributed by atoms with Crippen molar-refractivity contribution in [1.29, 1.82) is 0 Å². The predicted octanol–water partition coefficient (Wildman–Crippen LogP) is 5.81. The highest BCUT2D eigenvalue weighted by Gasteiger charge is 2.35. The monoisotopic (exact) mass is 472 g/mol. The lowest BCUT2D eigenvalue weighted by molar-refractivity contribution is -0.128. The van der Waals surface area contributed by atoms with Gasteiger partial charge in [-0.05, 0) is 70.3 Å². The highest BCUT2D eigenvalue weighted by atomic mass is 16.6. The number of nitrogens with one attached hydrogen (secondary N) is 2.